The third-order valence-corrected chi connectivity index (χ3v) is 15.6. The van der Waals surface area contributed by atoms with E-state index in [1.54, 1.807) is 37.8 Å². The molecule has 0 radical (unpaired) electrons. The Bertz CT molecular complexity index is 1610. The van der Waals surface area contributed by atoms with Gasteiger partial charge in [0.25, 0.3) is 5.91 Å². The van der Waals surface area contributed by atoms with Crippen LogP contribution in [0.25, 0.3) is 11.1 Å². The predicted octanol–water partition coefficient (Wildman–Crippen LogP) is 6.90. The van der Waals surface area contributed by atoms with E-state index in [4.69, 9.17) is 9.16 Å². The van der Waals surface area contributed by atoms with Crippen LogP contribution < -0.4 is 5.32 Å². The van der Waals surface area contributed by atoms with Gasteiger partial charge >= 0.3 is 6.09 Å². The highest BCUT2D eigenvalue weighted by Gasteiger charge is 2.41. The summed E-state index contributed by atoms with van der Waals surface area (Å²) in [6.07, 6.45) is 1.36. The van der Waals surface area contributed by atoms with E-state index in [0.29, 0.717) is 29.2 Å². The van der Waals surface area contributed by atoms with E-state index in [0.717, 1.165) is 23.3 Å². The molecule has 1 saturated heterocycles. The lowest BCUT2D eigenvalue weighted by molar-refractivity contribution is 0.0523. The van der Waals surface area contributed by atoms with Crippen LogP contribution in [0.15, 0.2) is 63.8 Å². The fraction of sp³-hybridized carbons (Fsp3) is 0.469. The molecule has 2 heterocycles. The number of aromatic nitrogens is 1. The van der Waals surface area contributed by atoms with Gasteiger partial charge in [0.1, 0.15) is 14.8 Å². The average Bonchev–Trinajstić information content (AvgIpc) is 3.60. The number of hydrogen-bond donors (Lipinski definition) is 1. The number of benzene rings is 2. The molecule has 1 aliphatic heterocycles. The van der Waals surface area contributed by atoms with Gasteiger partial charge in [-0.1, -0.05) is 51.1 Å². The number of carbonyl (C=O) groups is 2. The second-order valence-corrected chi connectivity index (χ2v) is 21.6. The third-order valence-electron chi connectivity index (χ3n) is 7.85. The number of thiazole rings is 1. The minimum atomic E-state index is -4.02. The number of alkyl carbamates (subject to hydrolysis) is 1. The molecule has 12 heteroatoms. The van der Waals surface area contributed by atoms with Crippen molar-refractivity contribution in [2.75, 3.05) is 13.1 Å². The normalized spacial score (nSPS) is 16.2. The Hall–Kier alpha value is -3.06. The Morgan fingerprint density at radius 1 is 1.05 bits per heavy atom. The van der Waals surface area contributed by atoms with E-state index < -0.39 is 29.8 Å². The minimum absolute atomic E-state index is 0.00535. The van der Waals surface area contributed by atoms with Crippen molar-refractivity contribution < 1.29 is 27.2 Å². The molecule has 4 rings (SSSR count). The van der Waals surface area contributed by atoms with Crippen molar-refractivity contribution in [1.29, 1.82) is 0 Å². The molecule has 1 fully saturated rings. The number of nitrogens with zero attached hydrogens (tertiary/aromatic N) is 2. The van der Waals surface area contributed by atoms with Gasteiger partial charge < -0.3 is 19.4 Å². The van der Waals surface area contributed by atoms with Gasteiger partial charge in [-0.05, 0) is 74.7 Å². The Balaban J connectivity index is 1.60. The first kappa shape index (κ1) is 33.8. The monoisotopic (exact) mass is 657 g/mol. The molecule has 0 spiro atoms. The van der Waals surface area contributed by atoms with Gasteiger partial charge in [-0.25, -0.2) is 18.2 Å². The zero-order valence-electron chi connectivity index (χ0n) is 26.8. The van der Waals surface area contributed by atoms with Crippen molar-refractivity contribution in [3.63, 3.8) is 0 Å². The van der Waals surface area contributed by atoms with Crippen molar-refractivity contribution in [3.8, 4) is 11.1 Å². The fourth-order valence-electron chi connectivity index (χ4n) is 4.54. The van der Waals surface area contributed by atoms with E-state index in [1.807, 2.05) is 30.3 Å². The first-order chi connectivity index (χ1) is 20.4. The molecule has 0 aliphatic carbocycles. The summed E-state index contributed by atoms with van der Waals surface area (Å²) < 4.78 is 39.6. The molecule has 2 amide bonds. The van der Waals surface area contributed by atoms with Crippen LogP contribution >= 0.6 is 11.3 Å². The molecule has 0 unspecified atom stereocenters. The molecule has 2 aromatic carbocycles. The summed E-state index contributed by atoms with van der Waals surface area (Å²) in [5, 5.41) is 3.07. The highest BCUT2D eigenvalue weighted by Crippen LogP contribution is 2.38. The quantitative estimate of drug-likeness (QED) is 0.262. The zero-order valence-corrected chi connectivity index (χ0v) is 29.4. The van der Waals surface area contributed by atoms with Crippen molar-refractivity contribution in [2.45, 2.75) is 93.4 Å². The summed E-state index contributed by atoms with van der Waals surface area (Å²) >= 11 is 0.966. The van der Waals surface area contributed by atoms with Gasteiger partial charge in [0.15, 0.2) is 8.32 Å². The van der Waals surface area contributed by atoms with E-state index in [2.05, 4.69) is 44.2 Å². The first-order valence-corrected chi connectivity index (χ1v) is 19.9. The van der Waals surface area contributed by atoms with Gasteiger partial charge in [-0.3, -0.25) is 4.79 Å². The average molecular weight is 658 g/mol. The molecule has 3 aromatic rings. The number of nitrogens with one attached hydrogen (secondary N) is 1. The lowest BCUT2D eigenvalue weighted by Crippen LogP contribution is -2.44. The predicted molar refractivity (Wildman–Crippen MR) is 175 cm³/mol. The smallest absolute Gasteiger partial charge is 0.408 e. The highest BCUT2D eigenvalue weighted by molar-refractivity contribution is 7.93. The highest BCUT2D eigenvalue weighted by atomic mass is 32.2. The standard InChI is InChI=1S/C32H43N3O6S2Si/c1-31(2,3)40-30(37)34-19-27-33-20-28(42-27)43(38,39)26-17-23(22-12-10-9-11-13-22)16-24(18-26)29(36)35-15-14-25(21-35)41-44(7,8)32(4,5)6/h9-13,16-18,20,25H,14-15,19,21H2,1-8H3,(H,34,37)/t25-/m1/s1. The molecule has 1 atom stereocenters. The van der Waals surface area contributed by atoms with E-state index in [9.17, 15) is 18.0 Å². The summed E-state index contributed by atoms with van der Waals surface area (Å²) in [4.78, 5) is 31.9. The lowest BCUT2D eigenvalue weighted by atomic mass is 10.0. The molecule has 1 aromatic heterocycles. The number of hydrogen-bond acceptors (Lipinski definition) is 8. The van der Waals surface area contributed by atoms with E-state index >= 15 is 0 Å². The van der Waals surface area contributed by atoms with Crippen LogP contribution in [0.5, 0.6) is 0 Å². The first-order valence-electron chi connectivity index (χ1n) is 14.7. The Kier molecular flexibility index (Phi) is 9.79. The van der Waals surface area contributed by atoms with E-state index in [1.165, 1.54) is 12.3 Å². The number of amides is 2. The molecule has 1 aliphatic rings. The molecule has 9 nitrogen and oxygen atoms in total. The number of likely N-dealkylation sites (tertiary alicyclic amines) is 1. The van der Waals surface area contributed by atoms with Crippen molar-refractivity contribution >= 4 is 41.5 Å². The second-order valence-electron chi connectivity index (χ2n) is 13.6. The van der Waals surface area contributed by atoms with Gasteiger partial charge in [-0.2, -0.15) is 0 Å². The molecule has 238 valence electrons. The van der Waals surface area contributed by atoms with Gasteiger partial charge in [-0.15, -0.1) is 11.3 Å². The molecule has 0 bridgehead atoms. The summed E-state index contributed by atoms with van der Waals surface area (Å²) in [6, 6.07) is 14.2. The molecular formula is C32H43N3O6S2Si. The summed E-state index contributed by atoms with van der Waals surface area (Å²) in [5.74, 6) is -0.230. The molecular weight excluding hydrogens is 615 g/mol. The van der Waals surface area contributed by atoms with Gasteiger partial charge in [0.05, 0.1) is 23.7 Å². The summed E-state index contributed by atoms with van der Waals surface area (Å²) in [5.41, 5.74) is 1.06. The van der Waals surface area contributed by atoms with Gasteiger partial charge in [0, 0.05) is 18.7 Å². The molecule has 0 saturated carbocycles. The maximum atomic E-state index is 13.9. The van der Waals surface area contributed by atoms with Crippen LogP contribution in [-0.2, 0) is 25.5 Å². The third kappa shape index (κ3) is 8.15. The van der Waals surface area contributed by atoms with Crippen molar-refractivity contribution in [2.24, 2.45) is 0 Å². The van der Waals surface area contributed by atoms with Crippen molar-refractivity contribution in [1.82, 2.24) is 15.2 Å². The number of ether oxygens (including phenoxy) is 1. The topological polar surface area (TPSA) is 115 Å². The van der Waals surface area contributed by atoms with E-state index in [-0.39, 0.29) is 32.7 Å². The number of sulfone groups is 1. The van der Waals surface area contributed by atoms with Crippen LogP contribution in [-0.4, -0.2) is 63.4 Å². The SMILES string of the molecule is CC(C)(C)OC(=O)NCc1ncc(S(=O)(=O)c2cc(C(=O)N3CC[C@@H](O[Si](C)(C)C(C)(C)C)C3)cc(-c3ccccc3)c2)s1. The maximum Gasteiger partial charge on any atom is 0.408 e. The van der Waals surface area contributed by atoms with Crippen LogP contribution in [0.3, 0.4) is 0 Å². The maximum absolute atomic E-state index is 13.9. The van der Waals surface area contributed by atoms with Crippen molar-refractivity contribution in [3.05, 3.63) is 65.3 Å². The number of carbonyl (C=O) groups excluding carboxylic acids is 2. The largest absolute Gasteiger partial charge is 0.444 e. The molecule has 44 heavy (non-hydrogen) atoms. The number of rotatable bonds is 8. The second kappa shape index (κ2) is 12.7. The van der Waals surface area contributed by atoms with Crippen LogP contribution in [0.4, 0.5) is 4.79 Å². The van der Waals surface area contributed by atoms with Gasteiger partial charge in [0.2, 0.25) is 9.84 Å². The Morgan fingerprint density at radius 3 is 2.36 bits per heavy atom. The Labute approximate surface area is 266 Å². The van der Waals surface area contributed by atoms with Crippen LogP contribution in [0, 0.1) is 0 Å². The summed E-state index contributed by atoms with van der Waals surface area (Å²) in [6.45, 7) is 17.3. The zero-order chi connectivity index (χ0) is 32.5. The lowest BCUT2D eigenvalue weighted by Gasteiger charge is -2.38. The Morgan fingerprint density at radius 2 is 1.73 bits per heavy atom. The van der Waals surface area contributed by atoms with Crippen LogP contribution in [0.2, 0.25) is 18.1 Å². The fourth-order valence-corrected chi connectivity index (χ4v) is 8.51. The minimum Gasteiger partial charge on any atom is -0.444 e. The molecule has 1 N–H and O–H groups in total. The summed E-state index contributed by atoms with van der Waals surface area (Å²) in [7, 11) is -6.04. The van der Waals surface area contributed by atoms with Crippen LogP contribution in [0.1, 0.15) is 63.3 Å².